The molecule has 0 bridgehead atoms. The second-order valence-electron chi connectivity index (χ2n) is 7.13. The Kier molecular flexibility index (Phi) is 4.08. The summed E-state index contributed by atoms with van der Waals surface area (Å²) in [6.45, 7) is 2.47. The van der Waals surface area contributed by atoms with Crippen molar-refractivity contribution in [1.29, 1.82) is 0 Å². The summed E-state index contributed by atoms with van der Waals surface area (Å²) in [5, 5.41) is 9.74. The molecule has 3 heterocycles. The predicted octanol–water partition coefficient (Wildman–Crippen LogP) is 3.71. The van der Waals surface area contributed by atoms with Crippen LogP contribution in [0.4, 0.5) is 4.39 Å². The van der Waals surface area contributed by atoms with E-state index in [1.807, 2.05) is 43.3 Å². The van der Waals surface area contributed by atoms with E-state index in [0.717, 1.165) is 22.3 Å². The van der Waals surface area contributed by atoms with Crippen LogP contribution in [-0.4, -0.2) is 37.3 Å². The number of aromatic nitrogens is 4. The molecule has 144 valence electrons. The molecule has 1 aliphatic rings. The van der Waals surface area contributed by atoms with Gasteiger partial charge in [0.2, 0.25) is 0 Å². The van der Waals surface area contributed by atoms with Crippen LogP contribution in [0.5, 0.6) is 0 Å². The van der Waals surface area contributed by atoms with Gasteiger partial charge in [-0.1, -0.05) is 23.4 Å². The Balaban J connectivity index is 1.47. The van der Waals surface area contributed by atoms with Crippen LogP contribution in [0.3, 0.4) is 0 Å². The fourth-order valence-corrected chi connectivity index (χ4v) is 3.83. The largest absolute Gasteiger partial charge is 0.330 e. The number of fused-ring (bicyclic) bond motifs is 2. The Morgan fingerprint density at radius 2 is 1.86 bits per heavy atom. The number of carbonyl (C=O) groups excluding carboxylic acids is 1. The van der Waals surface area contributed by atoms with Crippen molar-refractivity contribution in [3.63, 3.8) is 0 Å². The van der Waals surface area contributed by atoms with Crippen molar-refractivity contribution < 1.29 is 9.18 Å². The van der Waals surface area contributed by atoms with Crippen molar-refractivity contribution in [3.05, 3.63) is 83.4 Å². The normalized spacial score (nSPS) is 16.1. The molecular formula is C22H18FN5O. The third-order valence-corrected chi connectivity index (χ3v) is 5.40. The predicted molar refractivity (Wildman–Crippen MR) is 106 cm³/mol. The second kappa shape index (κ2) is 6.77. The van der Waals surface area contributed by atoms with Crippen molar-refractivity contribution in [2.75, 3.05) is 6.54 Å². The van der Waals surface area contributed by atoms with E-state index in [9.17, 15) is 9.18 Å². The summed E-state index contributed by atoms with van der Waals surface area (Å²) >= 11 is 0. The van der Waals surface area contributed by atoms with E-state index in [1.165, 1.54) is 24.3 Å². The lowest BCUT2D eigenvalue weighted by Gasteiger charge is -2.32. The Bertz CT molecular complexity index is 1220. The van der Waals surface area contributed by atoms with Gasteiger partial charge in [0, 0.05) is 23.9 Å². The second-order valence-corrected chi connectivity index (χ2v) is 7.13. The zero-order valence-electron chi connectivity index (χ0n) is 15.8. The lowest BCUT2D eigenvalue weighted by Crippen LogP contribution is -2.39. The van der Waals surface area contributed by atoms with Gasteiger partial charge in [0.25, 0.3) is 5.91 Å². The van der Waals surface area contributed by atoms with Crippen molar-refractivity contribution in [3.8, 4) is 5.82 Å². The molecule has 6 nitrogen and oxygen atoms in total. The maximum atomic E-state index is 13.2. The van der Waals surface area contributed by atoms with Crippen LogP contribution in [0.25, 0.3) is 16.7 Å². The van der Waals surface area contributed by atoms with Gasteiger partial charge < -0.3 is 4.90 Å². The third-order valence-electron chi connectivity index (χ3n) is 5.40. The fourth-order valence-electron chi connectivity index (χ4n) is 3.83. The molecule has 0 saturated heterocycles. The molecule has 0 aliphatic carbocycles. The SMILES string of the molecule is CC1c2nnn(-c3ccc4ccccc4n3)c2CCN1C(=O)c1ccc(F)cc1. The van der Waals surface area contributed by atoms with E-state index < -0.39 is 0 Å². The number of pyridine rings is 1. The number of rotatable bonds is 2. The molecule has 29 heavy (non-hydrogen) atoms. The zero-order valence-corrected chi connectivity index (χ0v) is 15.8. The highest BCUT2D eigenvalue weighted by molar-refractivity contribution is 5.94. The van der Waals surface area contributed by atoms with Gasteiger partial charge in [-0.25, -0.2) is 9.37 Å². The Morgan fingerprint density at radius 1 is 1.07 bits per heavy atom. The van der Waals surface area contributed by atoms with Crippen LogP contribution in [0.2, 0.25) is 0 Å². The van der Waals surface area contributed by atoms with Crippen molar-refractivity contribution in [1.82, 2.24) is 24.9 Å². The first-order valence-corrected chi connectivity index (χ1v) is 9.49. The summed E-state index contributed by atoms with van der Waals surface area (Å²) in [5.41, 5.74) is 3.08. The number of nitrogens with zero attached hydrogens (tertiary/aromatic N) is 5. The first-order chi connectivity index (χ1) is 14.1. The zero-order chi connectivity index (χ0) is 20.0. The van der Waals surface area contributed by atoms with E-state index in [0.29, 0.717) is 24.3 Å². The molecule has 1 atom stereocenters. The fraction of sp³-hybridized carbons (Fsp3) is 0.182. The molecule has 4 aromatic rings. The minimum atomic E-state index is -0.360. The molecule has 5 rings (SSSR count). The number of para-hydroxylation sites is 1. The van der Waals surface area contributed by atoms with Gasteiger partial charge in [0.1, 0.15) is 11.5 Å². The summed E-state index contributed by atoms with van der Waals surface area (Å²) in [7, 11) is 0. The average Bonchev–Trinajstić information content (AvgIpc) is 3.19. The topological polar surface area (TPSA) is 63.9 Å². The molecule has 2 aromatic carbocycles. The monoisotopic (exact) mass is 387 g/mol. The number of carbonyl (C=O) groups is 1. The molecule has 0 N–H and O–H groups in total. The highest BCUT2D eigenvalue weighted by Gasteiger charge is 2.33. The van der Waals surface area contributed by atoms with E-state index in [1.54, 1.807) is 9.58 Å². The standard InChI is InChI=1S/C22H18FN5O/c1-14-21-19(12-13-27(14)22(29)16-6-9-17(23)10-7-16)28(26-25-21)20-11-8-15-4-2-3-5-18(15)24-20/h2-11,14H,12-13H2,1H3. The molecule has 1 aliphatic heterocycles. The quantitative estimate of drug-likeness (QED) is 0.526. The molecular weight excluding hydrogens is 369 g/mol. The lowest BCUT2D eigenvalue weighted by atomic mass is 10.0. The van der Waals surface area contributed by atoms with Gasteiger partial charge in [-0.15, -0.1) is 5.10 Å². The van der Waals surface area contributed by atoms with Crippen LogP contribution in [0.15, 0.2) is 60.7 Å². The summed E-state index contributed by atoms with van der Waals surface area (Å²) in [4.78, 5) is 19.3. The van der Waals surface area contributed by atoms with Crippen LogP contribution < -0.4 is 0 Å². The maximum absolute atomic E-state index is 13.2. The smallest absolute Gasteiger partial charge is 0.254 e. The van der Waals surface area contributed by atoms with Crippen molar-refractivity contribution in [2.24, 2.45) is 0 Å². The molecule has 0 saturated carbocycles. The number of benzene rings is 2. The van der Waals surface area contributed by atoms with Crippen LogP contribution in [-0.2, 0) is 6.42 Å². The first-order valence-electron chi connectivity index (χ1n) is 9.49. The summed E-state index contributed by atoms with van der Waals surface area (Å²) in [6, 6.07) is 17.3. The molecule has 0 radical (unpaired) electrons. The van der Waals surface area contributed by atoms with Gasteiger partial charge in [0.05, 0.1) is 17.3 Å². The number of halogens is 1. The van der Waals surface area contributed by atoms with E-state index in [2.05, 4.69) is 10.3 Å². The maximum Gasteiger partial charge on any atom is 0.254 e. The van der Waals surface area contributed by atoms with E-state index in [4.69, 9.17) is 4.98 Å². The van der Waals surface area contributed by atoms with Crippen LogP contribution in [0, 0.1) is 5.82 Å². The van der Waals surface area contributed by atoms with Gasteiger partial charge in [0.15, 0.2) is 5.82 Å². The van der Waals surface area contributed by atoms with Gasteiger partial charge >= 0.3 is 0 Å². The Labute approximate surface area is 166 Å². The van der Waals surface area contributed by atoms with Gasteiger partial charge in [-0.05, 0) is 49.4 Å². The highest BCUT2D eigenvalue weighted by atomic mass is 19.1. The van der Waals surface area contributed by atoms with E-state index in [-0.39, 0.29) is 17.8 Å². The van der Waals surface area contributed by atoms with Gasteiger partial charge in [-0.2, -0.15) is 4.68 Å². The molecule has 1 amide bonds. The summed E-state index contributed by atoms with van der Waals surface area (Å²) in [6.07, 6.45) is 0.619. The minimum absolute atomic E-state index is 0.137. The minimum Gasteiger partial charge on any atom is -0.330 e. The average molecular weight is 387 g/mol. The van der Waals surface area contributed by atoms with Gasteiger partial charge in [-0.3, -0.25) is 4.79 Å². The Morgan fingerprint density at radius 3 is 2.69 bits per heavy atom. The molecule has 0 fully saturated rings. The summed E-state index contributed by atoms with van der Waals surface area (Å²) < 4.78 is 14.9. The number of hydrogen-bond acceptors (Lipinski definition) is 4. The molecule has 1 unspecified atom stereocenters. The summed E-state index contributed by atoms with van der Waals surface area (Å²) in [5.74, 6) is 0.214. The number of hydrogen-bond donors (Lipinski definition) is 0. The Hall–Kier alpha value is -3.61. The molecule has 7 heteroatoms. The highest BCUT2D eigenvalue weighted by Crippen LogP contribution is 2.30. The first kappa shape index (κ1) is 17.5. The van der Waals surface area contributed by atoms with Crippen molar-refractivity contribution >= 4 is 16.8 Å². The number of amides is 1. The van der Waals surface area contributed by atoms with Crippen LogP contribution in [0.1, 0.15) is 34.7 Å². The lowest BCUT2D eigenvalue weighted by molar-refractivity contribution is 0.0672. The molecule has 2 aromatic heterocycles. The molecule has 0 spiro atoms. The third kappa shape index (κ3) is 2.95. The van der Waals surface area contributed by atoms with E-state index >= 15 is 0 Å². The van der Waals surface area contributed by atoms with Crippen molar-refractivity contribution in [2.45, 2.75) is 19.4 Å². The van der Waals surface area contributed by atoms with Crippen LogP contribution >= 0.6 is 0 Å².